The van der Waals surface area contributed by atoms with Crippen molar-refractivity contribution in [3.8, 4) is 11.5 Å². The minimum absolute atomic E-state index is 0.739. The molecule has 2 N–H and O–H groups in total. The second kappa shape index (κ2) is 13.4. The van der Waals surface area contributed by atoms with E-state index in [1.165, 1.54) is 11.1 Å². The topological polar surface area (TPSA) is 64.1 Å². The van der Waals surface area contributed by atoms with E-state index < -0.39 is 0 Å². The van der Waals surface area contributed by atoms with Crippen molar-refractivity contribution in [3.05, 3.63) is 59.7 Å². The van der Waals surface area contributed by atoms with Crippen LogP contribution in [0.2, 0.25) is 0 Å². The first kappa shape index (κ1) is 22.6. The van der Waals surface area contributed by atoms with E-state index in [9.17, 15) is 0 Å². The predicted molar refractivity (Wildman–Crippen MR) is 118 cm³/mol. The SMILES string of the molecule is CN=C(NCCCOCCc1ccccc1)NCCc1ccc(OC)c(OC)c1. The van der Waals surface area contributed by atoms with Crippen LogP contribution < -0.4 is 20.1 Å². The van der Waals surface area contributed by atoms with Gasteiger partial charge in [-0.1, -0.05) is 36.4 Å². The number of nitrogens with one attached hydrogen (secondary N) is 2. The van der Waals surface area contributed by atoms with Gasteiger partial charge in [0.15, 0.2) is 17.5 Å². The second-order valence-electron chi connectivity index (χ2n) is 6.57. The molecule has 2 aromatic carbocycles. The van der Waals surface area contributed by atoms with Gasteiger partial charge in [0.1, 0.15) is 0 Å². The fourth-order valence-corrected chi connectivity index (χ4v) is 2.90. The van der Waals surface area contributed by atoms with E-state index in [0.717, 1.165) is 63.0 Å². The van der Waals surface area contributed by atoms with Crippen LogP contribution in [0.4, 0.5) is 0 Å². The fourth-order valence-electron chi connectivity index (χ4n) is 2.90. The van der Waals surface area contributed by atoms with Gasteiger partial charge >= 0.3 is 0 Å². The number of guanidine groups is 1. The third kappa shape index (κ3) is 8.44. The van der Waals surface area contributed by atoms with Crippen LogP contribution in [0.25, 0.3) is 0 Å². The van der Waals surface area contributed by atoms with E-state index in [-0.39, 0.29) is 0 Å². The first-order valence-corrected chi connectivity index (χ1v) is 10.0. The standard InChI is InChI=1S/C23H33N3O3/c1-24-23(25-14-7-16-29-17-13-19-8-5-4-6-9-19)26-15-12-20-10-11-21(27-2)22(18-20)28-3/h4-6,8-11,18H,7,12-17H2,1-3H3,(H2,24,25,26). The highest BCUT2D eigenvalue weighted by molar-refractivity contribution is 5.79. The molecule has 0 heterocycles. The summed E-state index contributed by atoms with van der Waals surface area (Å²) in [6.07, 6.45) is 2.75. The molecule has 0 aliphatic carbocycles. The van der Waals surface area contributed by atoms with Gasteiger partial charge in [0.2, 0.25) is 0 Å². The molecule has 0 fully saturated rings. The van der Waals surface area contributed by atoms with Crippen LogP contribution in [-0.2, 0) is 17.6 Å². The number of nitrogens with zero attached hydrogens (tertiary/aromatic N) is 1. The Labute approximate surface area is 174 Å². The summed E-state index contributed by atoms with van der Waals surface area (Å²) in [5.74, 6) is 2.29. The van der Waals surface area contributed by atoms with Crippen LogP contribution in [0.3, 0.4) is 0 Å². The molecular weight excluding hydrogens is 366 g/mol. The Hall–Kier alpha value is -2.73. The van der Waals surface area contributed by atoms with E-state index in [1.54, 1.807) is 21.3 Å². The van der Waals surface area contributed by atoms with Gasteiger partial charge in [0.05, 0.1) is 20.8 Å². The van der Waals surface area contributed by atoms with E-state index >= 15 is 0 Å². The maximum Gasteiger partial charge on any atom is 0.190 e. The highest BCUT2D eigenvalue weighted by Crippen LogP contribution is 2.27. The molecule has 0 spiro atoms. The summed E-state index contributed by atoms with van der Waals surface area (Å²) < 4.78 is 16.3. The number of aliphatic imine (C=N–C) groups is 1. The quantitative estimate of drug-likeness (QED) is 0.326. The summed E-state index contributed by atoms with van der Waals surface area (Å²) >= 11 is 0. The zero-order valence-electron chi connectivity index (χ0n) is 17.7. The third-order valence-corrected chi connectivity index (χ3v) is 4.51. The van der Waals surface area contributed by atoms with Gasteiger partial charge in [0.25, 0.3) is 0 Å². The monoisotopic (exact) mass is 399 g/mol. The van der Waals surface area contributed by atoms with Crippen LogP contribution in [0.1, 0.15) is 17.5 Å². The van der Waals surface area contributed by atoms with Crippen molar-refractivity contribution in [2.45, 2.75) is 19.3 Å². The van der Waals surface area contributed by atoms with Crippen molar-refractivity contribution < 1.29 is 14.2 Å². The molecule has 0 atom stereocenters. The molecule has 0 aliphatic heterocycles. The average molecular weight is 400 g/mol. The Bertz CT molecular complexity index is 735. The Morgan fingerprint density at radius 1 is 0.828 bits per heavy atom. The van der Waals surface area contributed by atoms with E-state index in [0.29, 0.717) is 0 Å². The lowest BCUT2D eigenvalue weighted by molar-refractivity contribution is 0.135. The van der Waals surface area contributed by atoms with Gasteiger partial charge in [-0.25, -0.2) is 0 Å². The molecule has 2 rings (SSSR count). The zero-order valence-corrected chi connectivity index (χ0v) is 17.7. The molecule has 2 aromatic rings. The van der Waals surface area contributed by atoms with Crippen LogP contribution in [-0.4, -0.2) is 53.5 Å². The number of benzene rings is 2. The van der Waals surface area contributed by atoms with Gasteiger partial charge in [-0.2, -0.15) is 0 Å². The van der Waals surface area contributed by atoms with Crippen molar-refractivity contribution in [2.75, 3.05) is 47.6 Å². The summed E-state index contributed by atoms with van der Waals surface area (Å²) in [4.78, 5) is 4.26. The molecule has 0 unspecified atom stereocenters. The second-order valence-corrected chi connectivity index (χ2v) is 6.57. The smallest absolute Gasteiger partial charge is 0.190 e. The van der Waals surface area contributed by atoms with Crippen molar-refractivity contribution >= 4 is 5.96 Å². The Balaban J connectivity index is 1.57. The first-order valence-electron chi connectivity index (χ1n) is 10.0. The molecule has 0 aromatic heterocycles. The summed E-state index contributed by atoms with van der Waals surface area (Å²) in [5, 5.41) is 6.65. The van der Waals surface area contributed by atoms with Crippen molar-refractivity contribution in [3.63, 3.8) is 0 Å². The number of rotatable bonds is 12. The van der Waals surface area contributed by atoms with Crippen molar-refractivity contribution in [1.82, 2.24) is 10.6 Å². The van der Waals surface area contributed by atoms with Crippen LogP contribution in [0, 0.1) is 0 Å². The number of hydrogen-bond donors (Lipinski definition) is 2. The maximum absolute atomic E-state index is 5.71. The Kier molecular flexibility index (Phi) is 10.5. The van der Waals surface area contributed by atoms with E-state index in [2.05, 4.69) is 39.9 Å². The molecule has 0 aliphatic rings. The lowest BCUT2D eigenvalue weighted by atomic mass is 10.1. The molecule has 0 bridgehead atoms. The molecule has 0 amide bonds. The highest BCUT2D eigenvalue weighted by atomic mass is 16.5. The molecule has 158 valence electrons. The largest absolute Gasteiger partial charge is 0.493 e. The lowest BCUT2D eigenvalue weighted by Gasteiger charge is -2.13. The molecule has 0 radical (unpaired) electrons. The Morgan fingerprint density at radius 2 is 1.59 bits per heavy atom. The van der Waals surface area contributed by atoms with Crippen LogP contribution >= 0.6 is 0 Å². The first-order chi connectivity index (χ1) is 14.3. The van der Waals surface area contributed by atoms with Gasteiger partial charge in [-0.05, 0) is 42.5 Å². The summed E-state index contributed by atoms with van der Waals surface area (Å²) in [6.45, 7) is 3.09. The molecular formula is C23H33N3O3. The highest BCUT2D eigenvalue weighted by Gasteiger charge is 2.05. The van der Waals surface area contributed by atoms with Gasteiger partial charge in [-0.15, -0.1) is 0 Å². The van der Waals surface area contributed by atoms with Gasteiger partial charge < -0.3 is 24.8 Å². The summed E-state index contributed by atoms with van der Waals surface area (Å²) in [7, 11) is 5.07. The number of ether oxygens (including phenoxy) is 3. The Morgan fingerprint density at radius 3 is 2.31 bits per heavy atom. The summed E-state index contributed by atoms with van der Waals surface area (Å²) in [6, 6.07) is 16.4. The normalized spacial score (nSPS) is 11.2. The van der Waals surface area contributed by atoms with E-state index in [1.807, 2.05) is 24.3 Å². The molecule has 0 saturated heterocycles. The zero-order chi connectivity index (χ0) is 20.7. The summed E-state index contributed by atoms with van der Waals surface area (Å²) in [5.41, 5.74) is 2.49. The van der Waals surface area contributed by atoms with Crippen LogP contribution in [0.5, 0.6) is 11.5 Å². The van der Waals surface area contributed by atoms with Gasteiger partial charge in [-0.3, -0.25) is 4.99 Å². The average Bonchev–Trinajstić information content (AvgIpc) is 2.77. The van der Waals surface area contributed by atoms with Crippen molar-refractivity contribution in [1.29, 1.82) is 0 Å². The maximum atomic E-state index is 5.71. The molecule has 0 saturated carbocycles. The molecule has 6 heteroatoms. The molecule has 6 nitrogen and oxygen atoms in total. The van der Waals surface area contributed by atoms with Crippen molar-refractivity contribution in [2.24, 2.45) is 4.99 Å². The number of methoxy groups -OCH3 is 2. The third-order valence-electron chi connectivity index (χ3n) is 4.51. The number of hydrogen-bond acceptors (Lipinski definition) is 4. The van der Waals surface area contributed by atoms with E-state index in [4.69, 9.17) is 14.2 Å². The predicted octanol–water partition coefficient (Wildman–Crippen LogP) is 3.06. The minimum atomic E-state index is 0.739. The fraction of sp³-hybridized carbons (Fsp3) is 0.435. The lowest BCUT2D eigenvalue weighted by Crippen LogP contribution is -2.39. The van der Waals surface area contributed by atoms with Gasteiger partial charge in [0, 0.05) is 26.7 Å². The minimum Gasteiger partial charge on any atom is -0.493 e. The van der Waals surface area contributed by atoms with Crippen LogP contribution in [0.15, 0.2) is 53.5 Å². The molecule has 29 heavy (non-hydrogen) atoms.